The number of nitrogens with zero attached hydrogens (tertiary/aromatic N) is 5. The molecule has 0 aliphatic carbocycles. The van der Waals surface area contributed by atoms with Crippen molar-refractivity contribution in [3.8, 4) is 0 Å². The molecule has 0 unspecified atom stereocenters. The first-order chi connectivity index (χ1) is 19.2. The van der Waals surface area contributed by atoms with Crippen molar-refractivity contribution in [2.24, 2.45) is 12.2 Å². The number of carbonyl (C=O) groups excluding carboxylic acids is 2. The van der Waals surface area contributed by atoms with Gasteiger partial charge in [-0.15, -0.1) is 23.1 Å². The van der Waals surface area contributed by atoms with E-state index in [1.54, 1.807) is 11.6 Å². The van der Waals surface area contributed by atoms with Gasteiger partial charge in [-0.2, -0.15) is 0 Å². The van der Waals surface area contributed by atoms with E-state index >= 15 is 0 Å². The number of thioether (sulfide) groups is 2. The van der Waals surface area contributed by atoms with Crippen LogP contribution < -0.4 is 27.1 Å². The van der Waals surface area contributed by atoms with Crippen LogP contribution in [0.25, 0.3) is 0 Å². The average Bonchev–Trinajstić information content (AvgIpc) is 3.33. The highest BCUT2D eigenvalue weighted by Crippen LogP contribution is 2.41. The molecule has 4 heterocycles. The van der Waals surface area contributed by atoms with Crippen molar-refractivity contribution in [1.29, 1.82) is 0 Å². The van der Waals surface area contributed by atoms with Gasteiger partial charge in [-0.1, -0.05) is 10.1 Å². The highest BCUT2D eigenvalue weighted by molar-refractivity contribution is 8.01. The zero-order chi connectivity index (χ0) is 30.2. The van der Waals surface area contributed by atoms with E-state index in [0.717, 1.165) is 16.2 Å². The zero-order valence-corrected chi connectivity index (χ0v) is 24.3. The Hall–Kier alpha value is -4.10. The van der Waals surface area contributed by atoms with Gasteiger partial charge in [-0.3, -0.25) is 14.5 Å². The molecular formula is C22H26N9O7S3+. The molecular weight excluding hydrogens is 598 g/mol. The third-order valence-corrected chi connectivity index (χ3v) is 9.10. The summed E-state index contributed by atoms with van der Waals surface area (Å²) in [5, 5.41) is 26.8. The van der Waals surface area contributed by atoms with Gasteiger partial charge in [0, 0.05) is 16.9 Å². The molecule has 2 amide bonds. The second kappa shape index (κ2) is 11.4. The molecule has 41 heavy (non-hydrogen) atoms. The summed E-state index contributed by atoms with van der Waals surface area (Å²) in [6, 6.07) is 0.414. The minimum absolute atomic E-state index is 0.0144. The lowest BCUT2D eigenvalue weighted by molar-refractivity contribution is -0.698. The smallest absolute Gasteiger partial charge is 0.352 e. The summed E-state index contributed by atoms with van der Waals surface area (Å²) in [4.78, 5) is 64.4. The first kappa shape index (κ1) is 29.9. The fraction of sp³-hybridized carbons (Fsp3) is 0.364. The van der Waals surface area contributed by atoms with Crippen LogP contribution in [-0.2, 0) is 31.1 Å². The Morgan fingerprint density at radius 1 is 1.29 bits per heavy atom. The summed E-state index contributed by atoms with van der Waals surface area (Å²) in [5.74, 6) is -3.09. The van der Waals surface area contributed by atoms with Gasteiger partial charge in [-0.05, 0) is 31.2 Å². The minimum atomic E-state index is -1.77. The first-order valence-electron chi connectivity index (χ1n) is 11.7. The standard InChI is InChI=1S/C22H25N9O7S3/c1-22(2,19(36)37)38-29-12(9-7-40-20(25)26-9)15(32)28-13-16(33)31-14(18(34)35)8(5-39-17(13)31)6-41-21-27-10(23)4-11(24)30(21)3/h4,7,13,17H,5-6H2,1-3H3,(H8,23,24,25,26,28,32,34,35,36,37)/p+1/b29-12+/t13-,17-/m1/s1. The van der Waals surface area contributed by atoms with E-state index in [2.05, 4.69) is 20.4 Å². The number of oxime groups is 1. The predicted molar refractivity (Wildman–Crippen MR) is 151 cm³/mol. The van der Waals surface area contributed by atoms with Crippen molar-refractivity contribution < 1.29 is 38.8 Å². The van der Waals surface area contributed by atoms with Crippen LogP contribution in [0.1, 0.15) is 19.5 Å². The molecule has 2 aliphatic rings. The van der Waals surface area contributed by atoms with E-state index in [1.165, 1.54) is 48.8 Å². The van der Waals surface area contributed by atoms with Crippen LogP contribution in [0.15, 0.2) is 33.0 Å². The quantitative estimate of drug-likeness (QED) is 0.0474. The maximum atomic E-state index is 13.2. The molecule has 16 nitrogen and oxygen atoms in total. The second-order valence-electron chi connectivity index (χ2n) is 9.27. The van der Waals surface area contributed by atoms with Gasteiger partial charge in [0.1, 0.15) is 22.8 Å². The number of nitrogens with one attached hydrogen (secondary N) is 1. The maximum absolute atomic E-state index is 13.2. The molecule has 2 aromatic rings. The highest BCUT2D eigenvalue weighted by atomic mass is 32.2. The largest absolute Gasteiger partial charge is 0.478 e. The monoisotopic (exact) mass is 624 g/mol. The Balaban J connectivity index is 1.53. The third kappa shape index (κ3) is 6.00. The summed E-state index contributed by atoms with van der Waals surface area (Å²) in [6.07, 6.45) is 0. The second-order valence-corrected chi connectivity index (χ2v) is 12.2. The molecule has 0 radical (unpaired) electrons. The van der Waals surface area contributed by atoms with E-state index < -0.39 is 46.5 Å². The van der Waals surface area contributed by atoms with E-state index in [1.807, 2.05) is 0 Å². The number of fused-ring (bicyclic) bond motifs is 1. The number of amides is 2. The zero-order valence-electron chi connectivity index (χ0n) is 21.9. The van der Waals surface area contributed by atoms with Gasteiger partial charge < -0.3 is 37.6 Å². The molecule has 1 fully saturated rings. The predicted octanol–water partition coefficient (Wildman–Crippen LogP) is -0.776. The molecule has 2 aromatic heterocycles. The van der Waals surface area contributed by atoms with Gasteiger partial charge in [0.05, 0.1) is 13.1 Å². The summed E-state index contributed by atoms with van der Waals surface area (Å²) in [7, 11) is 1.69. The highest BCUT2D eigenvalue weighted by Gasteiger charge is 2.54. The normalized spacial score (nSPS) is 19.0. The topological polar surface area (TPSA) is 253 Å². The Morgan fingerprint density at radius 2 is 2.00 bits per heavy atom. The number of β-lactam (4-membered cyclic amide) rings is 1. The number of carboxylic acid groups (broad SMARTS) is 2. The van der Waals surface area contributed by atoms with E-state index in [9.17, 15) is 29.4 Å². The van der Waals surface area contributed by atoms with Crippen LogP contribution in [-0.4, -0.2) is 83.1 Å². The Labute approximate surface area is 245 Å². The lowest BCUT2D eigenvalue weighted by Gasteiger charge is -2.49. The van der Waals surface area contributed by atoms with Gasteiger partial charge >= 0.3 is 17.1 Å². The van der Waals surface area contributed by atoms with Crippen molar-refractivity contribution in [3.63, 3.8) is 0 Å². The van der Waals surface area contributed by atoms with Crippen LogP contribution >= 0.6 is 34.9 Å². The number of rotatable bonds is 10. The molecule has 19 heteroatoms. The molecule has 0 bridgehead atoms. The Bertz CT molecular complexity index is 1510. The molecule has 2 aliphatic heterocycles. The molecule has 9 N–H and O–H groups in total. The number of carboxylic acids is 2. The van der Waals surface area contributed by atoms with Gasteiger partial charge in [0.25, 0.3) is 11.8 Å². The van der Waals surface area contributed by atoms with E-state index in [4.69, 9.17) is 22.0 Å². The molecule has 218 valence electrons. The number of thiazole rings is 1. The number of nitrogens with two attached hydrogens (primary N) is 3. The average molecular weight is 625 g/mol. The fourth-order valence-corrected chi connectivity index (χ4v) is 6.70. The van der Waals surface area contributed by atoms with E-state index in [0.29, 0.717) is 16.5 Å². The molecule has 4 rings (SSSR count). The number of hydrogen-bond acceptors (Lipinski definition) is 14. The number of carbonyl (C=O) groups is 4. The number of aliphatic carboxylic acids is 2. The number of nitrogen functional groups attached to an aromatic ring is 3. The molecule has 0 saturated carbocycles. The fourth-order valence-electron chi connectivity index (χ4n) is 3.66. The van der Waals surface area contributed by atoms with Crippen LogP contribution in [0.3, 0.4) is 0 Å². The van der Waals surface area contributed by atoms with Gasteiger partial charge in [-0.25, -0.2) is 19.1 Å². The maximum Gasteiger partial charge on any atom is 0.352 e. The van der Waals surface area contributed by atoms with Crippen molar-refractivity contribution >= 4 is 81.1 Å². The Morgan fingerprint density at radius 3 is 2.61 bits per heavy atom. The third-order valence-electron chi connectivity index (χ3n) is 5.97. The van der Waals surface area contributed by atoms with Crippen molar-refractivity contribution in [3.05, 3.63) is 28.4 Å². The lowest BCUT2D eigenvalue weighted by atomic mass is 10.0. The van der Waals surface area contributed by atoms with Crippen molar-refractivity contribution in [1.82, 2.24) is 20.2 Å². The van der Waals surface area contributed by atoms with Crippen molar-refractivity contribution in [2.75, 3.05) is 28.7 Å². The Kier molecular flexibility index (Phi) is 8.31. The van der Waals surface area contributed by atoms with Crippen LogP contribution in [0.5, 0.6) is 0 Å². The number of aromatic nitrogens is 3. The molecule has 0 spiro atoms. The lowest BCUT2D eigenvalue weighted by Crippen LogP contribution is -2.71. The number of hydrogen-bond donors (Lipinski definition) is 6. The molecule has 1 saturated heterocycles. The minimum Gasteiger partial charge on any atom is -0.478 e. The molecule has 2 atom stereocenters. The summed E-state index contributed by atoms with van der Waals surface area (Å²) < 4.78 is 1.61. The summed E-state index contributed by atoms with van der Waals surface area (Å²) >= 11 is 3.51. The van der Waals surface area contributed by atoms with Gasteiger partial charge in [0.2, 0.25) is 17.2 Å². The van der Waals surface area contributed by atoms with E-state index in [-0.39, 0.29) is 33.8 Å². The summed E-state index contributed by atoms with van der Waals surface area (Å²) in [5.41, 5.74) is 15.5. The molecule has 0 aromatic carbocycles. The summed E-state index contributed by atoms with van der Waals surface area (Å²) in [6.45, 7) is 2.48. The van der Waals surface area contributed by atoms with Gasteiger partial charge in [0.15, 0.2) is 10.8 Å². The number of anilines is 3. The first-order valence-corrected chi connectivity index (χ1v) is 14.6. The van der Waals surface area contributed by atoms with Crippen LogP contribution in [0, 0.1) is 0 Å². The van der Waals surface area contributed by atoms with Crippen LogP contribution in [0.2, 0.25) is 0 Å². The SMILES string of the molecule is C[n+]1c(N)cc(N)nc1SCC1=C(C(=O)O)N2C(=O)[C@@H](NC(=O)/C(=N/OC(C)(C)C(=O)O)c3csc(N)n3)[C@H]2SC1. The van der Waals surface area contributed by atoms with Crippen molar-refractivity contribution in [2.45, 2.75) is 36.0 Å². The van der Waals surface area contributed by atoms with Crippen LogP contribution in [0.4, 0.5) is 16.8 Å².